The predicted molar refractivity (Wildman–Crippen MR) is 516 cm³/mol. The number of esters is 7. The number of hydrogen-bond donors (Lipinski definition) is 11. The number of primary amides is 2. The normalized spacial score (nSPS) is 14.3. The fraction of sp³-hybridized carbons (Fsp3) is 0.485. The van der Waals surface area contributed by atoms with Gasteiger partial charge in [0.2, 0.25) is 11.8 Å². The Morgan fingerprint density at radius 1 is 0.324 bits per heavy atom. The third kappa shape index (κ3) is 45.2. The van der Waals surface area contributed by atoms with Gasteiger partial charge in [-0.25, -0.2) is 38.4 Å². The predicted octanol–water partition coefficient (Wildman–Crippen LogP) is 16.9. The van der Waals surface area contributed by atoms with Crippen LogP contribution in [0.15, 0.2) is 109 Å². The molecule has 139 heavy (non-hydrogen) atoms. The summed E-state index contributed by atoms with van der Waals surface area (Å²) in [4.78, 5) is 164. The number of rotatable bonds is 34. The molecule has 10 rings (SSSR count). The maximum Gasteiger partial charge on any atom is 0.408 e. The van der Waals surface area contributed by atoms with Gasteiger partial charge in [-0.15, -0.1) is 0 Å². The summed E-state index contributed by atoms with van der Waals surface area (Å²) < 4.78 is 55.9. The smallest absolute Gasteiger partial charge is 0.408 e. The highest BCUT2D eigenvalue weighted by molar-refractivity contribution is 6.36. The van der Waals surface area contributed by atoms with Crippen LogP contribution in [0.3, 0.4) is 0 Å². The van der Waals surface area contributed by atoms with Crippen molar-refractivity contribution < 1.29 is 135 Å². The van der Waals surface area contributed by atoms with E-state index in [9.17, 15) is 77.3 Å². The van der Waals surface area contributed by atoms with Gasteiger partial charge in [0.25, 0.3) is 0 Å². The van der Waals surface area contributed by atoms with Crippen molar-refractivity contribution in [2.24, 2.45) is 46.6 Å². The number of halogens is 6. The van der Waals surface area contributed by atoms with E-state index in [4.69, 9.17) is 140 Å². The summed E-state index contributed by atoms with van der Waals surface area (Å²) in [6.07, 6.45) is 7.23. The van der Waals surface area contributed by atoms with Gasteiger partial charge >= 0.3 is 72.1 Å². The Bertz CT molecular complexity index is 5150. The van der Waals surface area contributed by atoms with Crippen molar-refractivity contribution in [2.75, 3.05) is 61.0 Å². The largest absolute Gasteiger partial charge is 0.478 e. The van der Waals surface area contributed by atoms with Gasteiger partial charge in [-0.1, -0.05) is 106 Å². The summed E-state index contributed by atoms with van der Waals surface area (Å²) in [5, 5.41) is 39.4. The lowest BCUT2D eigenvalue weighted by Gasteiger charge is -2.24. The molecule has 4 aliphatic carbocycles. The molecule has 0 aliphatic heterocycles. The average molecular weight is 2060 g/mol. The van der Waals surface area contributed by atoms with Gasteiger partial charge in [-0.3, -0.25) is 28.8 Å². The minimum absolute atomic E-state index is 0.0748. The van der Waals surface area contributed by atoms with Crippen molar-refractivity contribution in [3.05, 3.63) is 206 Å². The average Bonchev–Trinajstić information content (AvgIpc) is 1.68. The van der Waals surface area contributed by atoms with E-state index in [-0.39, 0.29) is 122 Å². The van der Waals surface area contributed by atoms with E-state index in [2.05, 4.69) is 30.7 Å². The van der Waals surface area contributed by atoms with E-state index in [0.717, 1.165) is 51.4 Å². The van der Waals surface area contributed by atoms with Crippen LogP contribution in [0.4, 0.5) is 19.2 Å². The molecular formula is C97H124Cl6N8O28. The number of carbonyl (C=O) groups excluding carboxylic acids is 13. The van der Waals surface area contributed by atoms with Crippen LogP contribution in [0.2, 0.25) is 30.1 Å². The fourth-order valence-corrected chi connectivity index (χ4v) is 13.2. The maximum absolute atomic E-state index is 12.2. The van der Waals surface area contributed by atoms with Gasteiger partial charge in [0, 0.05) is 25.7 Å². The Hall–Kier alpha value is -11.3. The minimum Gasteiger partial charge on any atom is -0.478 e. The Morgan fingerprint density at radius 3 is 0.784 bits per heavy atom. The number of aliphatic hydroxyl groups excluding tert-OH is 2. The van der Waals surface area contributed by atoms with E-state index in [1.54, 1.807) is 132 Å². The number of methoxy groups -OCH3 is 3. The second-order valence-electron chi connectivity index (χ2n) is 36.6. The van der Waals surface area contributed by atoms with Crippen LogP contribution in [0.1, 0.15) is 292 Å². The number of alkyl carbamates (subject to hydrolysis) is 4. The highest BCUT2D eigenvalue weighted by atomic mass is 35.5. The number of carboxylic acids is 1. The van der Waals surface area contributed by atoms with Crippen LogP contribution >= 0.6 is 69.6 Å². The van der Waals surface area contributed by atoms with Gasteiger partial charge in [0.1, 0.15) is 48.8 Å². The molecular weight excluding hydrogens is 1940 g/mol. The molecule has 6 aromatic rings. The third-order valence-corrected chi connectivity index (χ3v) is 21.8. The van der Waals surface area contributed by atoms with Crippen LogP contribution in [0.5, 0.6) is 0 Å². The molecule has 0 saturated heterocycles. The molecule has 0 bridgehead atoms. The number of hydrogen-bond acceptors (Lipinski definition) is 29. The number of aromatic carboxylic acids is 1. The number of nitrogens with one attached hydrogen (secondary N) is 4. The molecule has 0 heterocycles. The molecule has 36 nitrogen and oxygen atoms in total. The minimum atomic E-state index is -1.19. The topological polar surface area (TPSA) is 553 Å². The Kier molecular flexibility index (Phi) is 47.3. The van der Waals surface area contributed by atoms with Gasteiger partial charge in [0.15, 0.2) is 0 Å². The number of ether oxygens (including phenoxy) is 11. The number of benzene rings is 6. The van der Waals surface area contributed by atoms with Gasteiger partial charge in [0.05, 0.1) is 134 Å². The molecule has 6 atom stereocenters. The van der Waals surface area contributed by atoms with E-state index < -0.39 is 119 Å². The fourth-order valence-electron chi connectivity index (χ4n) is 12.0. The molecule has 6 aromatic carbocycles. The number of amides is 6. The summed E-state index contributed by atoms with van der Waals surface area (Å²) in [6, 6.07) is 23.8. The summed E-state index contributed by atoms with van der Waals surface area (Å²) in [6.45, 7) is 20.0. The van der Waals surface area contributed by atoms with E-state index >= 15 is 0 Å². The third-order valence-electron chi connectivity index (χ3n) is 19.8. The van der Waals surface area contributed by atoms with E-state index in [1.807, 2.05) is 0 Å². The first-order chi connectivity index (χ1) is 64.9. The molecule has 42 heteroatoms. The zero-order chi connectivity index (χ0) is 104. The first-order valence-corrected chi connectivity index (χ1v) is 46.4. The highest BCUT2D eigenvalue weighted by Gasteiger charge is 2.34. The summed E-state index contributed by atoms with van der Waals surface area (Å²) >= 11 is 35.6. The lowest BCUT2D eigenvalue weighted by atomic mass is 10.0. The molecule has 0 spiro atoms. The van der Waals surface area contributed by atoms with E-state index in [0.29, 0.717) is 87.8 Å². The molecule has 4 aliphatic rings. The molecule has 6 amide bonds. The van der Waals surface area contributed by atoms with Crippen molar-refractivity contribution in [2.45, 2.75) is 219 Å². The first kappa shape index (κ1) is 118. The lowest BCUT2D eigenvalue weighted by molar-refractivity contribution is -0.145. The molecule has 4 fully saturated rings. The highest BCUT2D eigenvalue weighted by Crippen LogP contribution is 2.37. The van der Waals surface area contributed by atoms with Crippen molar-refractivity contribution in [1.29, 1.82) is 0 Å². The van der Waals surface area contributed by atoms with E-state index in [1.165, 1.54) is 82.0 Å². The van der Waals surface area contributed by atoms with Crippen molar-refractivity contribution in [3.8, 4) is 0 Å². The second kappa shape index (κ2) is 55.6. The van der Waals surface area contributed by atoms with Gasteiger partial charge < -0.3 is 112 Å². The van der Waals surface area contributed by atoms with Crippen LogP contribution in [0, 0.1) is 23.7 Å². The molecule has 4 saturated carbocycles. The summed E-state index contributed by atoms with van der Waals surface area (Å²) in [5.74, 6) is -3.79. The van der Waals surface area contributed by atoms with Crippen molar-refractivity contribution in [1.82, 2.24) is 21.3 Å². The van der Waals surface area contributed by atoms with Crippen LogP contribution in [-0.4, -0.2) is 183 Å². The van der Waals surface area contributed by atoms with Gasteiger partial charge in [-0.05, 0) is 264 Å². The van der Waals surface area contributed by atoms with Crippen molar-refractivity contribution in [3.63, 3.8) is 0 Å². The van der Waals surface area contributed by atoms with Crippen LogP contribution < -0.4 is 44.2 Å². The summed E-state index contributed by atoms with van der Waals surface area (Å²) in [7, 11) is 3.77. The maximum atomic E-state index is 12.2. The Morgan fingerprint density at radius 2 is 0.540 bits per heavy atom. The Labute approximate surface area is 836 Å². The van der Waals surface area contributed by atoms with Gasteiger partial charge in [-0.2, -0.15) is 0 Å². The molecule has 0 unspecified atom stereocenters. The lowest BCUT2D eigenvalue weighted by Crippen LogP contribution is -2.37. The molecule has 762 valence electrons. The molecule has 0 radical (unpaired) electrons. The number of aliphatic hydroxyl groups is 2. The molecule has 0 aromatic heterocycles. The Balaban J connectivity index is 0.000000297. The van der Waals surface area contributed by atoms with Crippen molar-refractivity contribution >= 4 is 154 Å². The number of carbonyl (C=O) groups is 14. The quantitative estimate of drug-likeness (QED) is 0.0132. The first-order valence-electron chi connectivity index (χ1n) is 44.1. The zero-order valence-electron chi connectivity index (χ0n) is 80.0. The van der Waals surface area contributed by atoms with Crippen LogP contribution in [0.25, 0.3) is 0 Å². The number of carboxylic acid groups (broad SMARTS) is 1. The van der Waals surface area contributed by atoms with Crippen LogP contribution in [-0.2, 0) is 71.3 Å². The molecule has 15 N–H and O–H groups in total. The standard InChI is InChI=1S/C20H26ClNO6.C19H25ClN2O5.C19H24ClNO6.C15H20ClNO5.C14H17ClN2O3.C10H12ClNO3/c1-20(2,3)28-19(25)22-16(11-27-17(23)9-12-5-6-12)13-7-8-15(21)14(10-13)18(24)26-4;1-19(2,3)27-18(25)22-15(10-26-16(23)8-11-4-5-11)12-6-7-14(20)13(9-12)17(21)24;1-19(2,3)27-18(25)21-15(10-26-16(22)8-11-4-5-11)12-6-7-14(20)13(9-12)17(23)24;1-15(2,3)22-14(20)17-12(8-18)9-5-6-11(16)10(7-9)13(19)21-4;15-11-4-3-9(6-10(11)14(17)19)12(16)7-20-13(18)5-8-1-2-8;1-15-10(14)7-4-6(9(12)5-13)2-3-8(7)11/h7-8,10,12,16H,5-6,9,11H2,1-4H3,(H,22,25);6-7,9,11,15H,4-5,8,10H2,1-3H3,(H2,21,24)(H,22,25);6-7,9,11,15H,4-5,8,10H2,1-3H3,(H,21,25)(H,23,24);5-7,12,18H,8H2,1-4H3,(H,17,20);3-4,6,8,12H,1-2,5,7,16H2,(H2,17,19);2-4,9,13H,5,12H2,1H3/t16-;2*15-;2*12-;9-/m111111/s1. The summed E-state index contributed by atoms with van der Waals surface area (Å²) in [5.41, 5.74) is 23.5. The second-order valence-corrected chi connectivity index (χ2v) is 39.1. The number of nitrogens with two attached hydrogens (primary N) is 4. The zero-order valence-corrected chi connectivity index (χ0v) is 84.6. The monoisotopic (exact) mass is 2060 g/mol. The SMILES string of the molecule is CC(C)(C)OC(=O)N[C@H](COC(=O)CC1CC1)c1ccc(Cl)c(C(=O)O)c1.CC(C)(C)OC(=O)N[C@H](COC(=O)CC1CC1)c1ccc(Cl)c(C(N)=O)c1.COC(=O)c1cc([C@@H](CO)NC(=O)OC(C)(C)C)ccc1Cl.COC(=O)c1cc([C@@H](COC(=O)CC2CC2)NC(=O)OC(C)(C)C)ccc1Cl.COC(=O)c1cc([C@H](N)CO)ccc1Cl.NC(=O)c1cc([C@H](N)COC(=O)CC2CC2)ccc1Cl.